The van der Waals surface area contributed by atoms with Crippen molar-refractivity contribution in [3.63, 3.8) is 0 Å². The van der Waals surface area contributed by atoms with E-state index in [9.17, 15) is 9.59 Å². The van der Waals surface area contributed by atoms with Crippen molar-refractivity contribution >= 4 is 34.4 Å². The molecule has 3 rings (SSSR count). The first-order valence-corrected chi connectivity index (χ1v) is 8.92. The number of para-hydroxylation sites is 1. The van der Waals surface area contributed by atoms with E-state index in [-0.39, 0.29) is 17.2 Å². The average Bonchev–Trinajstić information content (AvgIpc) is 3.01. The van der Waals surface area contributed by atoms with Crippen LogP contribution in [0.5, 0.6) is 0 Å². The van der Waals surface area contributed by atoms with Crippen LogP contribution in [0, 0.1) is 6.92 Å². The van der Waals surface area contributed by atoms with Crippen LogP contribution < -0.4 is 10.9 Å². The molecule has 130 valence electrons. The second kappa shape index (κ2) is 7.52. The van der Waals surface area contributed by atoms with Gasteiger partial charge in [0, 0.05) is 12.6 Å². The van der Waals surface area contributed by atoms with Gasteiger partial charge in [0.15, 0.2) is 11.0 Å². The number of rotatable bonds is 6. The fraction of sp³-hybridized carbons (Fsp3) is 0.294. The molecule has 0 aliphatic carbocycles. The van der Waals surface area contributed by atoms with E-state index in [0.717, 1.165) is 6.42 Å². The predicted octanol–water partition coefficient (Wildman–Crippen LogP) is 2.83. The van der Waals surface area contributed by atoms with E-state index >= 15 is 0 Å². The van der Waals surface area contributed by atoms with Gasteiger partial charge in [-0.2, -0.15) is 0 Å². The summed E-state index contributed by atoms with van der Waals surface area (Å²) >= 11 is 1.23. The van der Waals surface area contributed by atoms with Crippen LogP contribution in [-0.4, -0.2) is 26.4 Å². The van der Waals surface area contributed by atoms with E-state index in [2.05, 4.69) is 15.5 Å². The first-order valence-electron chi connectivity index (χ1n) is 7.94. The predicted molar refractivity (Wildman–Crippen MR) is 96.9 cm³/mol. The summed E-state index contributed by atoms with van der Waals surface area (Å²) in [5, 5.41) is 7.51. The molecule has 1 amide bonds. The van der Waals surface area contributed by atoms with E-state index in [4.69, 9.17) is 4.52 Å². The molecule has 0 aliphatic heterocycles. The molecule has 0 fully saturated rings. The van der Waals surface area contributed by atoms with Gasteiger partial charge in [0.2, 0.25) is 5.91 Å². The Morgan fingerprint density at radius 1 is 1.36 bits per heavy atom. The van der Waals surface area contributed by atoms with Crippen molar-refractivity contribution < 1.29 is 9.32 Å². The molecule has 0 saturated carbocycles. The minimum Gasteiger partial charge on any atom is -0.360 e. The Bertz CT molecular complexity index is 964. The molecule has 3 aromatic rings. The summed E-state index contributed by atoms with van der Waals surface area (Å²) in [5.41, 5.74) is 0.553. The SMILES string of the molecule is CCCn1c(SCC(=O)Nc2cc(C)on2)nc2ccccc2c1=O. The lowest BCUT2D eigenvalue weighted by Gasteiger charge is -2.11. The lowest BCUT2D eigenvalue weighted by atomic mass is 10.2. The smallest absolute Gasteiger partial charge is 0.262 e. The normalized spacial score (nSPS) is 11.0. The molecule has 1 N–H and O–H groups in total. The Kier molecular flexibility index (Phi) is 5.18. The fourth-order valence-corrected chi connectivity index (χ4v) is 3.24. The number of anilines is 1. The summed E-state index contributed by atoms with van der Waals surface area (Å²) < 4.78 is 6.54. The summed E-state index contributed by atoms with van der Waals surface area (Å²) in [6, 6.07) is 8.87. The third kappa shape index (κ3) is 3.90. The largest absolute Gasteiger partial charge is 0.360 e. The zero-order valence-corrected chi connectivity index (χ0v) is 14.8. The highest BCUT2D eigenvalue weighted by Crippen LogP contribution is 2.18. The first-order chi connectivity index (χ1) is 12.1. The number of aryl methyl sites for hydroxylation is 1. The number of hydrogen-bond donors (Lipinski definition) is 1. The van der Waals surface area contributed by atoms with Gasteiger partial charge in [0.25, 0.3) is 5.56 Å². The van der Waals surface area contributed by atoms with E-state index in [1.54, 1.807) is 29.7 Å². The first kappa shape index (κ1) is 17.2. The van der Waals surface area contributed by atoms with Crippen LogP contribution in [0.3, 0.4) is 0 Å². The van der Waals surface area contributed by atoms with Gasteiger partial charge < -0.3 is 9.84 Å². The minimum atomic E-state index is -0.233. The monoisotopic (exact) mass is 358 g/mol. The van der Waals surface area contributed by atoms with Gasteiger partial charge in [0.05, 0.1) is 16.7 Å². The number of thioether (sulfide) groups is 1. The summed E-state index contributed by atoms with van der Waals surface area (Å²) in [5.74, 6) is 0.889. The fourth-order valence-electron chi connectivity index (χ4n) is 2.41. The Hall–Kier alpha value is -2.61. The molecular weight excluding hydrogens is 340 g/mol. The van der Waals surface area contributed by atoms with Crippen molar-refractivity contribution in [2.45, 2.75) is 32.0 Å². The molecule has 2 aromatic heterocycles. The Morgan fingerprint density at radius 3 is 2.88 bits per heavy atom. The van der Waals surface area contributed by atoms with Gasteiger partial charge in [-0.25, -0.2) is 4.98 Å². The number of aromatic nitrogens is 3. The third-order valence-electron chi connectivity index (χ3n) is 3.50. The zero-order valence-electron chi connectivity index (χ0n) is 14.0. The van der Waals surface area contributed by atoms with Crippen molar-refractivity contribution in [1.29, 1.82) is 0 Å². The molecule has 8 heteroatoms. The minimum absolute atomic E-state index is 0.0810. The molecule has 2 heterocycles. The number of fused-ring (bicyclic) bond motifs is 1. The molecule has 7 nitrogen and oxygen atoms in total. The molecule has 0 spiro atoms. The lowest BCUT2D eigenvalue weighted by molar-refractivity contribution is -0.113. The maximum atomic E-state index is 12.7. The highest BCUT2D eigenvalue weighted by molar-refractivity contribution is 7.99. The molecule has 1 aromatic carbocycles. The van der Waals surface area contributed by atoms with Gasteiger partial charge in [-0.15, -0.1) is 0 Å². The molecule has 0 unspecified atom stereocenters. The van der Waals surface area contributed by atoms with Gasteiger partial charge in [0.1, 0.15) is 5.76 Å². The quantitative estimate of drug-likeness (QED) is 0.538. The summed E-state index contributed by atoms with van der Waals surface area (Å²) in [6.07, 6.45) is 0.803. The average molecular weight is 358 g/mol. The Balaban J connectivity index is 1.81. The number of benzene rings is 1. The van der Waals surface area contributed by atoms with Gasteiger partial charge in [-0.1, -0.05) is 36.0 Å². The topological polar surface area (TPSA) is 90.0 Å². The van der Waals surface area contributed by atoms with E-state index in [0.29, 0.717) is 34.2 Å². The van der Waals surface area contributed by atoms with Gasteiger partial charge in [-0.05, 0) is 25.5 Å². The molecule has 0 aliphatic rings. The van der Waals surface area contributed by atoms with E-state index in [1.165, 1.54) is 11.8 Å². The molecule has 0 radical (unpaired) electrons. The maximum Gasteiger partial charge on any atom is 0.262 e. The summed E-state index contributed by atoms with van der Waals surface area (Å²) in [6.45, 7) is 4.30. The van der Waals surface area contributed by atoms with Crippen molar-refractivity contribution in [2.24, 2.45) is 0 Å². The number of hydrogen-bond acceptors (Lipinski definition) is 6. The maximum absolute atomic E-state index is 12.7. The molecule has 0 bridgehead atoms. The Labute approximate surface area is 148 Å². The molecule has 0 atom stereocenters. The van der Waals surface area contributed by atoms with Crippen molar-refractivity contribution in [3.05, 3.63) is 46.4 Å². The number of amides is 1. The highest BCUT2D eigenvalue weighted by Gasteiger charge is 2.13. The second-order valence-corrected chi connectivity index (χ2v) is 6.47. The number of nitrogens with zero attached hydrogens (tertiary/aromatic N) is 3. The van der Waals surface area contributed by atoms with Crippen molar-refractivity contribution in [2.75, 3.05) is 11.1 Å². The van der Waals surface area contributed by atoms with E-state index in [1.807, 2.05) is 19.1 Å². The van der Waals surface area contributed by atoms with Crippen LogP contribution in [0.15, 0.2) is 44.8 Å². The zero-order chi connectivity index (χ0) is 17.8. The van der Waals surface area contributed by atoms with E-state index < -0.39 is 0 Å². The molecular formula is C17H18N4O3S. The van der Waals surface area contributed by atoms with Gasteiger partial charge >= 0.3 is 0 Å². The number of carbonyl (C=O) groups excluding carboxylic acids is 1. The molecule has 0 saturated heterocycles. The highest BCUT2D eigenvalue weighted by atomic mass is 32.2. The lowest BCUT2D eigenvalue weighted by Crippen LogP contribution is -2.24. The number of nitrogens with one attached hydrogen (secondary N) is 1. The Morgan fingerprint density at radius 2 is 2.16 bits per heavy atom. The standard InChI is InChI=1S/C17H18N4O3S/c1-3-8-21-16(23)12-6-4-5-7-13(12)18-17(21)25-10-15(22)19-14-9-11(2)24-20-14/h4-7,9H,3,8,10H2,1-2H3,(H,19,20,22). The van der Waals surface area contributed by atoms with Crippen LogP contribution in [0.25, 0.3) is 10.9 Å². The number of carbonyl (C=O) groups is 1. The van der Waals surface area contributed by atoms with Crippen LogP contribution in [0.4, 0.5) is 5.82 Å². The van der Waals surface area contributed by atoms with Crippen LogP contribution in [-0.2, 0) is 11.3 Å². The van der Waals surface area contributed by atoms with Crippen molar-refractivity contribution in [1.82, 2.24) is 14.7 Å². The second-order valence-electron chi connectivity index (χ2n) is 5.53. The van der Waals surface area contributed by atoms with Crippen molar-refractivity contribution in [3.8, 4) is 0 Å². The van der Waals surface area contributed by atoms with Crippen LogP contribution in [0.1, 0.15) is 19.1 Å². The van der Waals surface area contributed by atoms with Crippen LogP contribution in [0.2, 0.25) is 0 Å². The summed E-state index contributed by atoms with van der Waals surface area (Å²) in [4.78, 5) is 29.3. The molecule has 25 heavy (non-hydrogen) atoms. The third-order valence-corrected chi connectivity index (χ3v) is 4.48. The van der Waals surface area contributed by atoms with Gasteiger partial charge in [-0.3, -0.25) is 14.2 Å². The van der Waals surface area contributed by atoms with Crippen LogP contribution >= 0.6 is 11.8 Å². The summed E-state index contributed by atoms with van der Waals surface area (Å²) in [7, 11) is 0.